The molecule has 0 N–H and O–H groups in total. The van der Waals surface area contributed by atoms with E-state index in [1.54, 1.807) is 11.9 Å². The molecule has 0 atom stereocenters. The molecule has 0 aliphatic rings. The first-order valence-corrected chi connectivity index (χ1v) is 18.4. The van der Waals surface area contributed by atoms with Crippen molar-refractivity contribution in [2.45, 2.75) is 78.3 Å². The second-order valence-electron chi connectivity index (χ2n) is 13.7. The molecule has 5 aromatic rings. The minimum absolute atomic E-state index is 0.257. The van der Waals surface area contributed by atoms with Gasteiger partial charge in [0.05, 0.1) is 24.4 Å². The fourth-order valence-electron chi connectivity index (χ4n) is 6.59. The SMILES string of the molecule is CCOC(=O)c1c(CCCOc2cccc3ccccc23)c2ccc(C)c(-c3c(CBr)nn(C)c3C)c2n1CCCN(C)C(=O)OC(C)(C)C. The average Bonchev–Trinajstić information content (AvgIpc) is 3.54. The summed E-state index contributed by atoms with van der Waals surface area (Å²) in [7, 11) is 3.70. The molecule has 0 aliphatic heterocycles. The summed E-state index contributed by atoms with van der Waals surface area (Å²) in [6.07, 6.45) is 1.52. The molecule has 2 heterocycles. The highest BCUT2D eigenvalue weighted by Crippen LogP contribution is 2.41. The van der Waals surface area contributed by atoms with Crippen LogP contribution < -0.4 is 4.74 Å². The van der Waals surface area contributed by atoms with E-state index < -0.39 is 5.60 Å². The van der Waals surface area contributed by atoms with E-state index in [2.05, 4.69) is 64.7 Å². The predicted octanol–water partition coefficient (Wildman–Crippen LogP) is 9.15. The van der Waals surface area contributed by atoms with Gasteiger partial charge in [0, 0.05) is 60.1 Å². The summed E-state index contributed by atoms with van der Waals surface area (Å²) in [5.41, 5.74) is 7.01. The number of aryl methyl sites for hydroxylation is 4. The number of alkyl halides is 1. The van der Waals surface area contributed by atoms with E-state index in [0.717, 1.165) is 61.1 Å². The molecular weight excluding hydrogens is 696 g/mol. The number of aromatic nitrogens is 3. The number of hydrogen-bond acceptors (Lipinski definition) is 6. The molecule has 5 rings (SSSR count). The molecule has 0 saturated carbocycles. The van der Waals surface area contributed by atoms with Crippen LogP contribution in [-0.2, 0) is 34.8 Å². The molecule has 3 aromatic carbocycles. The first kappa shape index (κ1) is 37.0. The second kappa shape index (κ2) is 15.7. The van der Waals surface area contributed by atoms with Crippen LogP contribution in [0, 0.1) is 13.8 Å². The largest absolute Gasteiger partial charge is 0.493 e. The maximum Gasteiger partial charge on any atom is 0.410 e. The highest BCUT2D eigenvalue weighted by molar-refractivity contribution is 9.08. The summed E-state index contributed by atoms with van der Waals surface area (Å²) in [4.78, 5) is 28.3. The predicted molar refractivity (Wildman–Crippen MR) is 203 cm³/mol. The minimum Gasteiger partial charge on any atom is -0.493 e. The molecule has 0 bridgehead atoms. The third kappa shape index (κ3) is 7.85. The topological polar surface area (TPSA) is 87.8 Å². The van der Waals surface area contributed by atoms with Crippen LogP contribution in [-0.4, -0.2) is 63.7 Å². The van der Waals surface area contributed by atoms with Crippen molar-refractivity contribution in [3.63, 3.8) is 0 Å². The van der Waals surface area contributed by atoms with Crippen LogP contribution in [0.4, 0.5) is 4.79 Å². The lowest BCUT2D eigenvalue weighted by Gasteiger charge is -2.25. The molecule has 50 heavy (non-hydrogen) atoms. The Morgan fingerprint density at radius 1 is 0.960 bits per heavy atom. The number of rotatable bonds is 13. The van der Waals surface area contributed by atoms with E-state index in [1.807, 2.05) is 63.7 Å². The van der Waals surface area contributed by atoms with Gasteiger partial charge in [0.1, 0.15) is 17.0 Å². The van der Waals surface area contributed by atoms with Crippen molar-refractivity contribution in [3.05, 3.63) is 82.8 Å². The Hall–Kier alpha value is -4.31. The van der Waals surface area contributed by atoms with E-state index in [9.17, 15) is 9.59 Å². The van der Waals surface area contributed by atoms with Gasteiger partial charge in [0.2, 0.25) is 0 Å². The molecular formula is C40H49BrN4O5. The van der Waals surface area contributed by atoms with Crippen molar-refractivity contribution in [1.82, 2.24) is 19.2 Å². The third-order valence-electron chi connectivity index (χ3n) is 8.95. The molecule has 0 fully saturated rings. The highest BCUT2D eigenvalue weighted by atomic mass is 79.9. The van der Waals surface area contributed by atoms with E-state index in [0.29, 0.717) is 50.0 Å². The Morgan fingerprint density at radius 3 is 2.42 bits per heavy atom. The van der Waals surface area contributed by atoms with E-state index in [-0.39, 0.29) is 18.7 Å². The highest BCUT2D eigenvalue weighted by Gasteiger charge is 2.29. The number of benzene rings is 3. The van der Waals surface area contributed by atoms with Gasteiger partial charge < -0.3 is 23.7 Å². The van der Waals surface area contributed by atoms with Gasteiger partial charge in [0.25, 0.3) is 0 Å². The van der Waals surface area contributed by atoms with Gasteiger partial charge in [-0.1, -0.05) is 64.5 Å². The smallest absolute Gasteiger partial charge is 0.410 e. The van der Waals surface area contributed by atoms with Crippen molar-refractivity contribution in [2.24, 2.45) is 7.05 Å². The Balaban J connectivity index is 1.58. The lowest BCUT2D eigenvalue weighted by atomic mass is 9.94. The minimum atomic E-state index is -0.591. The molecule has 0 spiro atoms. The average molecular weight is 746 g/mol. The third-order valence-corrected chi connectivity index (χ3v) is 9.48. The van der Waals surface area contributed by atoms with Crippen LogP contribution in [0.2, 0.25) is 0 Å². The van der Waals surface area contributed by atoms with Crippen LogP contribution in [0.15, 0.2) is 54.6 Å². The zero-order valence-electron chi connectivity index (χ0n) is 30.6. The van der Waals surface area contributed by atoms with Gasteiger partial charge in [0.15, 0.2) is 0 Å². The lowest BCUT2D eigenvalue weighted by Crippen LogP contribution is -2.35. The number of carbonyl (C=O) groups is 2. The van der Waals surface area contributed by atoms with Gasteiger partial charge in [-0.25, -0.2) is 9.59 Å². The fourth-order valence-corrected chi connectivity index (χ4v) is 6.98. The Kier molecular flexibility index (Phi) is 11.6. The molecule has 2 aromatic heterocycles. The maximum absolute atomic E-state index is 14.0. The van der Waals surface area contributed by atoms with Crippen molar-refractivity contribution >= 4 is 49.7 Å². The zero-order valence-corrected chi connectivity index (χ0v) is 32.1. The standard InChI is InChI=1S/C40H49BrN4O5/c1-9-48-38(46)37-30(18-13-24-49-33-19-12-16-28-15-10-11-17-29(28)33)31-21-20-26(2)34(35-27(3)44(8)42-32(35)25-41)36(31)45(37)23-14-22-43(7)39(47)50-40(4,5)6/h10-12,15-17,19-21H,9,13-14,18,22-25H2,1-8H3. The summed E-state index contributed by atoms with van der Waals surface area (Å²) >= 11 is 3.67. The molecule has 0 aliphatic carbocycles. The summed E-state index contributed by atoms with van der Waals surface area (Å²) in [6.45, 7) is 13.3. The van der Waals surface area contributed by atoms with E-state index >= 15 is 0 Å². The van der Waals surface area contributed by atoms with Gasteiger partial charge in [-0.2, -0.15) is 5.10 Å². The number of ether oxygens (including phenoxy) is 3. The van der Waals surface area contributed by atoms with E-state index in [4.69, 9.17) is 19.3 Å². The Bertz CT molecular complexity index is 2000. The summed E-state index contributed by atoms with van der Waals surface area (Å²) < 4.78 is 21.7. The normalized spacial score (nSPS) is 11.7. The van der Waals surface area contributed by atoms with Crippen molar-refractivity contribution in [2.75, 3.05) is 26.8 Å². The number of carbonyl (C=O) groups excluding carboxylic acids is 2. The Morgan fingerprint density at radius 2 is 1.70 bits per heavy atom. The van der Waals surface area contributed by atoms with Gasteiger partial charge in [-0.15, -0.1) is 0 Å². The van der Waals surface area contributed by atoms with Crippen molar-refractivity contribution in [3.8, 4) is 16.9 Å². The summed E-state index contributed by atoms with van der Waals surface area (Å²) in [5.74, 6) is 0.485. The number of nitrogens with zero attached hydrogens (tertiary/aromatic N) is 4. The molecule has 9 nitrogen and oxygen atoms in total. The number of fused-ring (bicyclic) bond motifs is 2. The van der Waals surface area contributed by atoms with Gasteiger partial charge >= 0.3 is 12.1 Å². The monoisotopic (exact) mass is 744 g/mol. The number of esters is 1. The van der Waals surface area contributed by atoms with Crippen LogP contribution in [0.1, 0.15) is 73.5 Å². The first-order chi connectivity index (χ1) is 23.9. The first-order valence-electron chi connectivity index (χ1n) is 17.3. The molecule has 1 amide bonds. The zero-order chi connectivity index (χ0) is 36.2. The van der Waals surface area contributed by atoms with Crippen molar-refractivity contribution in [1.29, 1.82) is 0 Å². The number of amides is 1. The van der Waals surface area contributed by atoms with E-state index in [1.165, 1.54) is 0 Å². The Labute approximate surface area is 303 Å². The summed E-state index contributed by atoms with van der Waals surface area (Å²) in [5, 5.41) is 8.61. The van der Waals surface area contributed by atoms with Crippen LogP contribution in [0.5, 0.6) is 5.75 Å². The lowest BCUT2D eigenvalue weighted by molar-refractivity contribution is 0.0294. The molecule has 0 saturated heterocycles. The van der Waals surface area contributed by atoms with Crippen LogP contribution in [0.3, 0.4) is 0 Å². The molecule has 0 unspecified atom stereocenters. The molecule has 0 radical (unpaired) electrons. The molecule has 10 heteroatoms. The van der Waals surface area contributed by atoms with Crippen LogP contribution >= 0.6 is 15.9 Å². The van der Waals surface area contributed by atoms with Crippen LogP contribution in [0.25, 0.3) is 32.8 Å². The van der Waals surface area contributed by atoms with Crippen molar-refractivity contribution < 1.29 is 23.8 Å². The quantitative estimate of drug-likeness (QED) is 0.0679. The maximum atomic E-state index is 14.0. The van der Waals surface area contributed by atoms with Gasteiger partial charge in [-0.05, 0) is 83.4 Å². The number of hydrogen-bond donors (Lipinski definition) is 0. The number of halogens is 1. The molecule has 266 valence electrons. The fraction of sp³-hybridized carbons (Fsp3) is 0.425. The van der Waals surface area contributed by atoms with Gasteiger partial charge in [-0.3, -0.25) is 4.68 Å². The second-order valence-corrected chi connectivity index (χ2v) is 14.3. The summed E-state index contributed by atoms with van der Waals surface area (Å²) in [6, 6.07) is 18.5.